The van der Waals surface area contributed by atoms with Gasteiger partial charge >= 0.3 is 0 Å². The maximum atomic E-state index is 12.7. The van der Waals surface area contributed by atoms with Gasteiger partial charge in [0.25, 0.3) is 10.0 Å². The Morgan fingerprint density at radius 1 is 0.963 bits per heavy atom. The first-order valence-electron chi connectivity index (χ1n) is 9.70. The van der Waals surface area contributed by atoms with Gasteiger partial charge in [-0.25, -0.2) is 8.42 Å². The smallest absolute Gasteiger partial charge is 0.264 e. The van der Waals surface area contributed by atoms with Crippen molar-refractivity contribution < 1.29 is 8.42 Å². The molecule has 146 valence electrons. The quantitative estimate of drug-likeness (QED) is 0.791. The van der Waals surface area contributed by atoms with Gasteiger partial charge in [0.05, 0.1) is 10.6 Å². The second-order valence-electron chi connectivity index (χ2n) is 8.93. The third-order valence-electron chi connectivity index (χ3n) is 5.56. The predicted octanol–water partition coefficient (Wildman–Crippen LogP) is 3.54. The van der Waals surface area contributed by atoms with E-state index in [-0.39, 0.29) is 0 Å². The summed E-state index contributed by atoms with van der Waals surface area (Å²) in [6.45, 7) is 12.1. The first-order valence-corrected chi connectivity index (χ1v) is 11.1. The van der Waals surface area contributed by atoms with Crippen molar-refractivity contribution in [3.05, 3.63) is 30.3 Å². The molecule has 0 saturated carbocycles. The summed E-state index contributed by atoms with van der Waals surface area (Å²) in [4.78, 5) is 5.41. The molecule has 0 aromatic heterocycles. The number of anilines is 2. The van der Waals surface area contributed by atoms with E-state index in [9.17, 15) is 8.42 Å². The molecule has 0 amide bonds. The van der Waals surface area contributed by atoms with E-state index in [0.29, 0.717) is 10.3 Å². The van der Waals surface area contributed by atoms with Gasteiger partial charge in [-0.15, -0.1) is 0 Å². The van der Waals surface area contributed by atoms with Crippen LogP contribution in [0.15, 0.2) is 35.2 Å². The van der Waals surface area contributed by atoms with Crippen LogP contribution in [0.2, 0.25) is 0 Å². The van der Waals surface area contributed by atoms with Crippen molar-refractivity contribution in [1.29, 1.82) is 0 Å². The van der Waals surface area contributed by atoms with E-state index < -0.39 is 10.0 Å². The average molecular weight is 388 g/mol. The minimum atomic E-state index is -3.41. The van der Waals surface area contributed by atoms with E-state index in [1.807, 2.05) is 12.1 Å². The van der Waals surface area contributed by atoms with Crippen molar-refractivity contribution in [2.24, 2.45) is 5.41 Å². The maximum absolute atomic E-state index is 12.7. The Balaban J connectivity index is 1.69. The predicted molar refractivity (Wildman–Crippen MR) is 112 cm³/mol. The zero-order valence-electron chi connectivity index (χ0n) is 16.7. The summed E-state index contributed by atoms with van der Waals surface area (Å²) in [5.74, 6) is 0. The van der Waals surface area contributed by atoms with E-state index in [1.165, 1.54) is 4.31 Å². The van der Waals surface area contributed by atoms with Gasteiger partial charge in [-0.05, 0) is 36.6 Å². The number of hydrogen-bond donors (Lipinski definition) is 0. The number of hydrogen-bond acceptors (Lipinski definition) is 4. The minimum Gasteiger partial charge on any atom is -0.370 e. The normalized spacial score (nSPS) is 20.3. The highest BCUT2D eigenvalue weighted by atomic mass is 32.2. The molecule has 0 aliphatic carbocycles. The highest BCUT2D eigenvalue weighted by Crippen LogP contribution is 2.44. The summed E-state index contributed by atoms with van der Waals surface area (Å²) in [5, 5.41) is 1.91. The number of rotatable bonds is 2. The highest BCUT2D eigenvalue weighted by Gasteiger charge is 2.34. The number of nitrogens with zero attached hydrogens (tertiary/aromatic N) is 3. The lowest BCUT2D eigenvalue weighted by molar-refractivity contribution is 0.202. The molecule has 0 spiro atoms. The van der Waals surface area contributed by atoms with Crippen molar-refractivity contribution >= 4 is 32.2 Å². The van der Waals surface area contributed by atoms with Crippen LogP contribution in [0.5, 0.6) is 0 Å². The van der Waals surface area contributed by atoms with Crippen LogP contribution >= 0.6 is 0 Å². The van der Waals surface area contributed by atoms with Gasteiger partial charge in [-0.2, -0.15) is 0 Å². The molecule has 2 aromatic rings. The summed E-state index contributed by atoms with van der Waals surface area (Å²) in [7, 11) is -1.77. The van der Waals surface area contributed by atoms with Gasteiger partial charge in [0.15, 0.2) is 0 Å². The molecule has 4 rings (SSSR count). The Kier molecular flexibility index (Phi) is 4.39. The molecule has 27 heavy (non-hydrogen) atoms. The fourth-order valence-electron chi connectivity index (χ4n) is 4.41. The van der Waals surface area contributed by atoms with Crippen LogP contribution in [0.1, 0.15) is 27.2 Å². The lowest BCUT2D eigenvalue weighted by Crippen LogP contribution is -2.36. The summed E-state index contributed by atoms with van der Waals surface area (Å²) in [5.41, 5.74) is 2.24. The molecular formula is C21H29N3O2S. The molecular weight excluding hydrogens is 358 g/mol. The average Bonchev–Trinajstić information content (AvgIpc) is 2.75. The number of sulfonamides is 1. The van der Waals surface area contributed by atoms with Crippen molar-refractivity contribution in [2.75, 3.05) is 49.0 Å². The summed E-state index contributed by atoms with van der Waals surface area (Å²) in [6.07, 6.45) is 1.12. The van der Waals surface area contributed by atoms with Gasteiger partial charge in [0, 0.05) is 49.7 Å². The molecule has 1 saturated heterocycles. The Morgan fingerprint density at radius 3 is 2.44 bits per heavy atom. The zero-order chi connectivity index (χ0) is 19.4. The van der Waals surface area contributed by atoms with Crippen molar-refractivity contribution in [1.82, 2.24) is 4.90 Å². The van der Waals surface area contributed by atoms with Crippen LogP contribution in [0.4, 0.5) is 11.4 Å². The molecule has 0 bridgehead atoms. The number of benzene rings is 2. The van der Waals surface area contributed by atoms with Gasteiger partial charge < -0.3 is 9.80 Å². The third kappa shape index (κ3) is 3.19. The topological polar surface area (TPSA) is 43.9 Å². The Labute approximate surface area is 162 Å². The minimum absolute atomic E-state index is 0.302. The van der Waals surface area contributed by atoms with Crippen LogP contribution in [-0.2, 0) is 10.0 Å². The fraction of sp³-hybridized carbons (Fsp3) is 0.524. The lowest BCUT2D eigenvalue weighted by atomic mass is 9.96. The van der Waals surface area contributed by atoms with Crippen molar-refractivity contribution in [3.8, 4) is 0 Å². The van der Waals surface area contributed by atoms with Crippen LogP contribution < -0.4 is 9.21 Å². The molecule has 2 heterocycles. The first-order chi connectivity index (χ1) is 12.7. The SMILES string of the molecule is CN1c2ccc(N3CCCN(CC(C)(C)C)CC3)c3cccc(c23)S1(=O)=O. The largest absolute Gasteiger partial charge is 0.370 e. The van der Waals surface area contributed by atoms with Gasteiger partial charge in [0.1, 0.15) is 0 Å². The molecule has 5 nitrogen and oxygen atoms in total. The van der Waals surface area contributed by atoms with E-state index in [0.717, 1.165) is 61.3 Å². The van der Waals surface area contributed by atoms with Gasteiger partial charge in [-0.1, -0.05) is 32.9 Å². The first kappa shape index (κ1) is 18.6. The van der Waals surface area contributed by atoms with Crippen molar-refractivity contribution in [2.45, 2.75) is 32.1 Å². The zero-order valence-corrected chi connectivity index (χ0v) is 17.5. The monoisotopic (exact) mass is 387 g/mol. The molecule has 0 N–H and O–H groups in total. The van der Waals surface area contributed by atoms with Gasteiger partial charge in [-0.3, -0.25) is 4.31 Å². The lowest BCUT2D eigenvalue weighted by Gasteiger charge is -2.29. The molecule has 0 unspecified atom stereocenters. The second kappa shape index (κ2) is 6.38. The standard InChI is InChI=1S/C21H29N3O2S/c1-21(2,3)15-23-11-6-12-24(14-13-23)17-9-10-18-20-16(17)7-5-8-19(20)27(25,26)22(18)4/h5,7-10H,6,11-15H2,1-4H3. The Hall–Kier alpha value is -1.79. The Morgan fingerprint density at radius 2 is 1.70 bits per heavy atom. The van der Waals surface area contributed by atoms with E-state index >= 15 is 0 Å². The van der Waals surface area contributed by atoms with Crippen LogP contribution in [0.3, 0.4) is 0 Å². The van der Waals surface area contributed by atoms with Crippen LogP contribution in [0, 0.1) is 5.41 Å². The van der Waals surface area contributed by atoms with Gasteiger partial charge in [0.2, 0.25) is 0 Å². The van der Waals surface area contributed by atoms with E-state index in [4.69, 9.17) is 0 Å². The molecule has 2 aliphatic heterocycles. The Bertz CT molecular complexity index is 979. The highest BCUT2D eigenvalue weighted by molar-refractivity contribution is 7.93. The van der Waals surface area contributed by atoms with E-state index in [1.54, 1.807) is 13.1 Å². The van der Waals surface area contributed by atoms with Crippen LogP contribution in [0.25, 0.3) is 10.8 Å². The second-order valence-corrected chi connectivity index (χ2v) is 10.9. The molecule has 6 heteroatoms. The summed E-state index contributed by atoms with van der Waals surface area (Å²) < 4.78 is 26.8. The molecule has 1 fully saturated rings. The molecule has 2 aliphatic rings. The molecule has 2 aromatic carbocycles. The maximum Gasteiger partial charge on any atom is 0.264 e. The summed E-state index contributed by atoms with van der Waals surface area (Å²) in [6, 6.07) is 9.71. The van der Waals surface area contributed by atoms with Crippen LogP contribution in [-0.4, -0.2) is 53.1 Å². The summed E-state index contributed by atoms with van der Waals surface area (Å²) >= 11 is 0. The molecule has 0 radical (unpaired) electrons. The van der Waals surface area contributed by atoms with E-state index in [2.05, 4.69) is 42.7 Å². The third-order valence-corrected chi connectivity index (χ3v) is 7.38. The van der Waals surface area contributed by atoms with Crippen molar-refractivity contribution in [3.63, 3.8) is 0 Å². The fourth-order valence-corrected chi connectivity index (χ4v) is 5.84. The molecule has 0 atom stereocenters.